The molecule has 2 N–H and O–H groups in total. The van der Waals surface area contributed by atoms with Crippen LogP contribution in [0.25, 0.3) is 16.9 Å². The number of carbonyl (C=O) groups is 2. The minimum atomic E-state index is -1.03. The minimum Gasteiger partial charge on any atom is -0.473 e. The van der Waals surface area contributed by atoms with Gasteiger partial charge in [0.1, 0.15) is 6.10 Å². The van der Waals surface area contributed by atoms with E-state index in [2.05, 4.69) is 10.3 Å². The number of benzene rings is 1. The predicted molar refractivity (Wildman–Crippen MR) is 145 cm³/mol. The van der Waals surface area contributed by atoms with Crippen LogP contribution in [0.15, 0.2) is 36.5 Å². The quantitative estimate of drug-likeness (QED) is 0.422. The van der Waals surface area contributed by atoms with Crippen molar-refractivity contribution >= 4 is 23.3 Å². The van der Waals surface area contributed by atoms with E-state index in [9.17, 15) is 14.7 Å². The van der Waals surface area contributed by atoms with Gasteiger partial charge in [0.15, 0.2) is 5.65 Å². The van der Waals surface area contributed by atoms with E-state index in [1.54, 1.807) is 28.9 Å². The molecule has 1 aliphatic heterocycles. The molecule has 10 heteroatoms. The average molecular weight is 534 g/mol. The summed E-state index contributed by atoms with van der Waals surface area (Å²) < 4.78 is 13.5. The number of aromatic nitrogens is 3. The number of carboxylic acid groups (broad SMARTS) is 1. The Balaban J connectivity index is 1.36. The molecule has 10 nitrogen and oxygen atoms in total. The lowest BCUT2D eigenvalue weighted by Gasteiger charge is -2.28. The summed E-state index contributed by atoms with van der Waals surface area (Å²) in [4.78, 5) is 31.0. The van der Waals surface area contributed by atoms with Gasteiger partial charge in [0.05, 0.1) is 17.6 Å². The molecule has 3 aliphatic rings. The van der Waals surface area contributed by atoms with E-state index in [0.717, 1.165) is 56.9 Å². The van der Waals surface area contributed by atoms with E-state index < -0.39 is 6.09 Å². The first-order valence-corrected chi connectivity index (χ1v) is 14.1. The van der Waals surface area contributed by atoms with Gasteiger partial charge < -0.3 is 19.9 Å². The van der Waals surface area contributed by atoms with Crippen LogP contribution in [0.1, 0.15) is 68.1 Å². The van der Waals surface area contributed by atoms with E-state index >= 15 is 0 Å². The van der Waals surface area contributed by atoms with Crippen molar-refractivity contribution in [1.82, 2.24) is 19.9 Å². The van der Waals surface area contributed by atoms with Crippen LogP contribution in [0.5, 0.6) is 5.88 Å². The Morgan fingerprint density at radius 3 is 2.49 bits per heavy atom. The third-order valence-electron chi connectivity index (χ3n) is 7.92. The maximum absolute atomic E-state index is 12.5. The van der Waals surface area contributed by atoms with Crippen molar-refractivity contribution in [2.75, 3.05) is 24.7 Å². The predicted octanol–water partition coefficient (Wildman–Crippen LogP) is 4.91. The number of nitrogens with one attached hydrogen (secondary N) is 1. The zero-order chi connectivity index (χ0) is 26.8. The van der Waals surface area contributed by atoms with E-state index in [4.69, 9.17) is 14.6 Å². The molecule has 3 fully saturated rings. The van der Waals surface area contributed by atoms with Crippen LogP contribution in [0.2, 0.25) is 0 Å². The number of hydrogen-bond donors (Lipinski definition) is 2. The molecule has 0 radical (unpaired) electrons. The van der Waals surface area contributed by atoms with Crippen molar-refractivity contribution in [3.8, 4) is 17.1 Å². The molecule has 2 amide bonds. The van der Waals surface area contributed by atoms with Gasteiger partial charge in [-0.1, -0.05) is 18.6 Å². The van der Waals surface area contributed by atoms with Crippen LogP contribution < -0.4 is 15.0 Å². The Hall–Kier alpha value is -3.66. The minimum absolute atomic E-state index is 0.0570. The molecule has 2 saturated carbocycles. The summed E-state index contributed by atoms with van der Waals surface area (Å²) in [6, 6.07) is 9.35. The summed E-state index contributed by atoms with van der Waals surface area (Å²) in [7, 11) is 0. The Morgan fingerprint density at radius 2 is 1.79 bits per heavy atom. The van der Waals surface area contributed by atoms with Gasteiger partial charge in [0.25, 0.3) is 5.91 Å². The number of rotatable bonds is 8. The Morgan fingerprint density at radius 1 is 1.05 bits per heavy atom. The highest BCUT2D eigenvalue weighted by molar-refractivity contribution is 5.95. The molecule has 206 valence electrons. The molecular formula is C29H35N5O5. The number of ether oxygens (including phenoxy) is 2. The van der Waals surface area contributed by atoms with E-state index in [-0.39, 0.29) is 17.9 Å². The number of amides is 2. The van der Waals surface area contributed by atoms with Crippen LogP contribution in [-0.2, 0) is 4.74 Å². The molecule has 3 aromatic rings. The molecule has 0 atom stereocenters. The lowest BCUT2D eigenvalue weighted by atomic mass is 9.98. The fourth-order valence-corrected chi connectivity index (χ4v) is 5.49. The second-order valence-corrected chi connectivity index (χ2v) is 10.9. The van der Waals surface area contributed by atoms with Gasteiger partial charge in [-0.3, -0.25) is 9.69 Å². The summed E-state index contributed by atoms with van der Waals surface area (Å²) in [5.74, 6) is 0.521. The van der Waals surface area contributed by atoms with Crippen molar-refractivity contribution in [3.63, 3.8) is 0 Å². The van der Waals surface area contributed by atoms with Crippen LogP contribution in [0.3, 0.4) is 0 Å². The second kappa shape index (κ2) is 11.2. The monoisotopic (exact) mass is 533 g/mol. The van der Waals surface area contributed by atoms with Gasteiger partial charge >= 0.3 is 6.09 Å². The second-order valence-electron chi connectivity index (χ2n) is 10.9. The van der Waals surface area contributed by atoms with E-state index in [1.165, 1.54) is 11.3 Å². The largest absolute Gasteiger partial charge is 0.473 e. The summed E-state index contributed by atoms with van der Waals surface area (Å²) in [6.45, 7) is 1.64. The highest BCUT2D eigenvalue weighted by Crippen LogP contribution is 2.32. The number of imidazole rings is 1. The molecule has 39 heavy (non-hydrogen) atoms. The van der Waals surface area contributed by atoms with Gasteiger partial charge in [0.2, 0.25) is 5.88 Å². The van der Waals surface area contributed by atoms with E-state index in [0.29, 0.717) is 54.3 Å². The first kappa shape index (κ1) is 25.6. The molecule has 0 unspecified atom stereocenters. The maximum Gasteiger partial charge on any atom is 0.411 e. The fourth-order valence-electron chi connectivity index (χ4n) is 5.49. The van der Waals surface area contributed by atoms with Crippen molar-refractivity contribution in [2.24, 2.45) is 5.92 Å². The first-order chi connectivity index (χ1) is 19.0. The van der Waals surface area contributed by atoms with Crippen LogP contribution in [0.4, 0.5) is 10.5 Å². The molecule has 2 aromatic heterocycles. The lowest BCUT2D eigenvalue weighted by Crippen LogP contribution is -2.36. The molecule has 1 saturated heterocycles. The number of hydrogen-bond acceptors (Lipinski definition) is 6. The van der Waals surface area contributed by atoms with Gasteiger partial charge in [0, 0.05) is 43.0 Å². The topological polar surface area (TPSA) is 118 Å². The van der Waals surface area contributed by atoms with Gasteiger partial charge in [-0.2, -0.15) is 0 Å². The zero-order valence-corrected chi connectivity index (χ0v) is 22.1. The van der Waals surface area contributed by atoms with Gasteiger partial charge in [-0.05, 0) is 69.4 Å². The number of fused-ring (bicyclic) bond motifs is 1. The third-order valence-corrected chi connectivity index (χ3v) is 7.92. The lowest BCUT2D eigenvalue weighted by molar-refractivity contribution is 0.0680. The number of carbonyl (C=O) groups excluding carboxylic acids is 1. The van der Waals surface area contributed by atoms with Crippen LogP contribution in [-0.4, -0.2) is 63.6 Å². The SMILES string of the molecule is O=C(NC1CC1)c1ccc(-c2cnc3c(N(CC4CCOCC4)C(=O)O)cc(OC4CCCCC4)nn23)cc1. The summed E-state index contributed by atoms with van der Waals surface area (Å²) in [5.41, 5.74) is 3.03. The molecule has 1 aromatic carbocycles. The van der Waals surface area contributed by atoms with E-state index in [1.807, 2.05) is 12.1 Å². The average Bonchev–Trinajstić information content (AvgIpc) is 3.67. The third kappa shape index (κ3) is 5.85. The number of anilines is 1. The molecule has 0 spiro atoms. The molecule has 0 bridgehead atoms. The summed E-state index contributed by atoms with van der Waals surface area (Å²) in [5, 5.41) is 18.0. The van der Waals surface area contributed by atoms with Crippen LogP contribution in [0, 0.1) is 5.92 Å². The normalized spacial score (nSPS) is 18.7. The molecule has 6 rings (SSSR count). The molecule has 3 heterocycles. The fraction of sp³-hybridized carbons (Fsp3) is 0.517. The summed E-state index contributed by atoms with van der Waals surface area (Å²) in [6.07, 6.45) is 9.77. The first-order valence-electron chi connectivity index (χ1n) is 14.1. The van der Waals surface area contributed by atoms with Crippen molar-refractivity contribution in [3.05, 3.63) is 42.1 Å². The summed E-state index contributed by atoms with van der Waals surface area (Å²) >= 11 is 0. The molecule has 2 aliphatic carbocycles. The smallest absolute Gasteiger partial charge is 0.411 e. The Kier molecular flexibility index (Phi) is 7.36. The highest BCUT2D eigenvalue weighted by Gasteiger charge is 2.28. The number of nitrogens with zero attached hydrogens (tertiary/aromatic N) is 4. The maximum atomic E-state index is 12.5. The van der Waals surface area contributed by atoms with Crippen molar-refractivity contribution in [1.29, 1.82) is 0 Å². The van der Waals surface area contributed by atoms with Crippen LogP contribution >= 0.6 is 0 Å². The Bertz CT molecular complexity index is 1320. The van der Waals surface area contributed by atoms with Gasteiger partial charge in [-0.25, -0.2) is 14.3 Å². The molecular weight excluding hydrogens is 498 g/mol. The van der Waals surface area contributed by atoms with Gasteiger partial charge in [-0.15, -0.1) is 5.10 Å². The van der Waals surface area contributed by atoms with Crippen molar-refractivity contribution < 1.29 is 24.2 Å². The highest BCUT2D eigenvalue weighted by atomic mass is 16.5. The van der Waals surface area contributed by atoms with Crippen molar-refractivity contribution in [2.45, 2.75) is 69.9 Å². The standard InChI is InChI=1S/C29H35N5O5/c35-28(31-22-10-11-22)21-8-6-20(7-9-21)25-17-30-27-24(33(29(36)37)18-19-12-14-38-15-13-19)16-26(32-34(25)27)39-23-4-2-1-3-5-23/h6-9,16-17,19,22-23H,1-5,10-15,18H2,(H,31,35)(H,36,37). The Labute approximate surface area is 227 Å². The zero-order valence-electron chi connectivity index (χ0n) is 22.1.